The number of aromatic nitrogens is 2. The van der Waals surface area contributed by atoms with Crippen LogP contribution < -0.4 is 4.57 Å². The summed E-state index contributed by atoms with van der Waals surface area (Å²) >= 11 is 0. The van der Waals surface area contributed by atoms with Crippen LogP contribution in [-0.4, -0.2) is 4.40 Å². The third-order valence-corrected chi connectivity index (χ3v) is 6.94. The lowest BCUT2D eigenvalue weighted by molar-refractivity contribution is -0.660. The molecule has 0 saturated carbocycles. The maximum atomic E-state index is 2.50. The second-order valence-electron chi connectivity index (χ2n) is 8.55. The monoisotopic (exact) mass is 397 g/mol. The minimum Gasteiger partial charge on any atom is -0.307 e. The maximum Gasteiger partial charge on any atom is 0.212 e. The maximum absolute atomic E-state index is 2.50. The molecule has 3 heterocycles. The lowest BCUT2D eigenvalue weighted by atomic mass is 9.95. The van der Waals surface area contributed by atoms with Crippen LogP contribution in [0.5, 0.6) is 0 Å². The molecule has 31 heavy (non-hydrogen) atoms. The Morgan fingerprint density at radius 2 is 1.45 bits per heavy atom. The lowest BCUT2D eigenvalue weighted by Gasteiger charge is -2.08. The molecule has 7 rings (SSSR count). The number of hydrogen-bond donors (Lipinski definition) is 0. The zero-order valence-corrected chi connectivity index (χ0v) is 17.6. The van der Waals surface area contributed by atoms with Crippen LogP contribution in [0.3, 0.4) is 0 Å². The molecular formula is C29H21N2+. The van der Waals surface area contributed by atoms with E-state index >= 15 is 0 Å². The summed E-state index contributed by atoms with van der Waals surface area (Å²) < 4.78 is 4.72. The topological polar surface area (TPSA) is 8.29 Å². The highest BCUT2D eigenvalue weighted by atomic mass is 14.9. The zero-order valence-electron chi connectivity index (χ0n) is 17.6. The van der Waals surface area contributed by atoms with Gasteiger partial charge in [0.25, 0.3) is 0 Å². The van der Waals surface area contributed by atoms with Crippen molar-refractivity contribution in [1.29, 1.82) is 0 Å². The molecule has 0 unspecified atom stereocenters. The summed E-state index contributed by atoms with van der Waals surface area (Å²) in [5.74, 6) is 0. The molecule has 3 aromatic heterocycles. The summed E-state index contributed by atoms with van der Waals surface area (Å²) in [4.78, 5) is 0. The molecule has 0 atom stereocenters. The summed E-state index contributed by atoms with van der Waals surface area (Å²) in [7, 11) is 2.13. The fourth-order valence-electron chi connectivity index (χ4n) is 5.55. The van der Waals surface area contributed by atoms with E-state index < -0.39 is 0 Å². The fraction of sp³-hybridized carbons (Fsp3) is 0.0690. The largest absolute Gasteiger partial charge is 0.307 e. The molecule has 0 aliphatic carbocycles. The molecule has 0 aliphatic rings. The van der Waals surface area contributed by atoms with Crippen molar-refractivity contribution in [1.82, 2.24) is 4.40 Å². The molecule has 0 bridgehead atoms. The van der Waals surface area contributed by atoms with Crippen LogP contribution in [0.4, 0.5) is 0 Å². The van der Waals surface area contributed by atoms with Gasteiger partial charge in [0.15, 0.2) is 6.20 Å². The lowest BCUT2D eigenvalue weighted by Crippen LogP contribution is -2.30. The molecule has 0 N–H and O–H groups in total. The summed E-state index contributed by atoms with van der Waals surface area (Å²) in [5.41, 5.74) is 7.82. The van der Waals surface area contributed by atoms with Crippen LogP contribution in [0.2, 0.25) is 0 Å². The van der Waals surface area contributed by atoms with Gasteiger partial charge in [0, 0.05) is 39.1 Å². The molecule has 0 fully saturated rings. The molecule has 7 aromatic rings. The predicted molar refractivity (Wildman–Crippen MR) is 130 cm³/mol. The fourth-order valence-corrected chi connectivity index (χ4v) is 5.55. The van der Waals surface area contributed by atoms with Gasteiger partial charge in [-0.05, 0) is 36.1 Å². The van der Waals surface area contributed by atoms with Gasteiger partial charge in [0.2, 0.25) is 5.69 Å². The van der Waals surface area contributed by atoms with Gasteiger partial charge in [-0.15, -0.1) is 0 Å². The standard InChI is InChI=1S/C29H21N2/c1-18-23(25-12-7-8-16-30(25)2)17-24-21-15-14-19-9-3-4-10-20(19)28(21)31-26-13-6-5-11-22(26)27(18)29(24)31/h3-17H,1-2H3/q+1. The third kappa shape index (κ3) is 2.04. The Labute approximate surface area is 179 Å². The zero-order chi connectivity index (χ0) is 20.7. The first-order chi connectivity index (χ1) is 15.2. The van der Waals surface area contributed by atoms with Crippen LogP contribution in [0, 0.1) is 6.92 Å². The van der Waals surface area contributed by atoms with Gasteiger partial charge >= 0.3 is 0 Å². The van der Waals surface area contributed by atoms with Crippen molar-refractivity contribution in [3.8, 4) is 11.3 Å². The van der Waals surface area contributed by atoms with Gasteiger partial charge in [-0.25, -0.2) is 4.57 Å². The van der Waals surface area contributed by atoms with E-state index in [1.807, 2.05) is 0 Å². The SMILES string of the molecule is Cc1c(-c2cccc[n+]2C)cc2c3ccc4ccccc4c3n3c4ccccc4c1c23. The van der Waals surface area contributed by atoms with Crippen molar-refractivity contribution in [3.05, 3.63) is 96.7 Å². The third-order valence-electron chi connectivity index (χ3n) is 6.94. The molecule has 0 saturated heterocycles. The number of para-hydroxylation sites is 1. The van der Waals surface area contributed by atoms with Crippen molar-refractivity contribution < 1.29 is 4.57 Å². The quantitative estimate of drug-likeness (QED) is 0.270. The van der Waals surface area contributed by atoms with Gasteiger partial charge in [-0.3, -0.25) is 0 Å². The number of rotatable bonds is 1. The Kier molecular flexibility index (Phi) is 3.17. The smallest absolute Gasteiger partial charge is 0.212 e. The van der Waals surface area contributed by atoms with Crippen LogP contribution in [-0.2, 0) is 7.05 Å². The van der Waals surface area contributed by atoms with Gasteiger partial charge in [-0.1, -0.05) is 54.6 Å². The van der Waals surface area contributed by atoms with E-state index in [0.29, 0.717) is 0 Å². The molecule has 0 radical (unpaired) electrons. The highest BCUT2D eigenvalue weighted by molar-refractivity contribution is 6.28. The first-order valence-corrected chi connectivity index (χ1v) is 10.8. The van der Waals surface area contributed by atoms with Crippen molar-refractivity contribution >= 4 is 48.9 Å². The first-order valence-electron chi connectivity index (χ1n) is 10.8. The highest BCUT2D eigenvalue weighted by Gasteiger charge is 2.24. The van der Waals surface area contributed by atoms with Crippen molar-refractivity contribution in [2.75, 3.05) is 0 Å². The minimum absolute atomic E-state index is 1.24. The van der Waals surface area contributed by atoms with E-state index in [2.05, 4.69) is 114 Å². The summed E-state index contributed by atoms with van der Waals surface area (Å²) in [6.07, 6.45) is 2.13. The van der Waals surface area contributed by atoms with E-state index in [1.54, 1.807) is 0 Å². The van der Waals surface area contributed by atoms with E-state index in [4.69, 9.17) is 0 Å². The summed E-state index contributed by atoms with van der Waals surface area (Å²) in [5, 5.41) is 7.94. The van der Waals surface area contributed by atoms with E-state index in [9.17, 15) is 0 Å². The number of fused-ring (bicyclic) bond motifs is 8. The molecule has 0 spiro atoms. The number of nitrogens with zero attached hydrogens (tertiary/aromatic N) is 2. The Morgan fingerprint density at radius 3 is 2.32 bits per heavy atom. The van der Waals surface area contributed by atoms with Crippen molar-refractivity contribution in [3.63, 3.8) is 0 Å². The average molecular weight is 398 g/mol. The summed E-state index contributed by atoms with van der Waals surface area (Å²) in [6, 6.07) is 31.0. The Balaban J connectivity index is 1.83. The Hall–Kier alpha value is -3.91. The molecule has 146 valence electrons. The molecular weight excluding hydrogens is 376 g/mol. The highest BCUT2D eigenvalue weighted by Crippen LogP contribution is 2.45. The molecule has 4 aromatic carbocycles. The van der Waals surface area contributed by atoms with Crippen LogP contribution in [0.25, 0.3) is 60.1 Å². The Morgan fingerprint density at radius 1 is 0.677 bits per heavy atom. The normalized spacial score (nSPS) is 12.2. The number of benzene rings is 4. The van der Waals surface area contributed by atoms with E-state index in [1.165, 1.54) is 65.7 Å². The van der Waals surface area contributed by atoms with Crippen molar-refractivity contribution in [2.45, 2.75) is 6.92 Å². The first kappa shape index (κ1) is 16.8. The average Bonchev–Trinajstić information content (AvgIpc) is 3.32. The van der Waals surface area contributed by atoms with Crippen LogP contribution in [0.15, 0.2) is 91.1 Å². The van der Waals surface area contributed by atoms with Gasteiger partial charge in [-0.2, -0.15) is 0 Å². The van der Waals surface area contributed by atoms with Gasteiger partial charge in [0.05, 0.1) is 22.1 Å². The molecule has 2 heteroatoms. The van der Waals surface area contributed by atoms with Gasteiger partial charge in [0.1, 0.15) is 7.05 Å². The van der Waals surface area contributed by atoms with Crippen molar-refractivity contribution in [2.24, 2.45) is 7.05 Å². The van der Waals surface area contributed by atoms with Crippen LogP contribution >= 0.6 is 0 Å². The second kappa shape index (κ2) is 5.83. The number of pyridine rings is 1. The van der Waals surface area contributed by atoms with E-state index in [0.717, 1.165) is 0 Å². The minimum atomic E-state index is 1.24. The Bertz CT molecular complexity index is 1800. The predicted octanol–water partition coefficient (Wildman–Crippen LogP) is 6.79. The molecule has 2 nitrogen and oxygen atoms in total. The molecule has 0 amide bonds. The summed E-state index contributed by atoms with van der Waals surface area (Å²) in [6.45, 7) is 2.28. The second-order valence-corrected chi connectivity index (χ2v) is 8.55. The number of hydrogen-bond acceptors (Lipinski definition) is 0. The molecule has 0 aliphatic heterocycles. The van der Waals surface area contributed by atoms with E-state index in [-0.39, 0.29) is 0 Å². The van der Waals surface area contributed by atoms with Crippen LogP contribution in [0.1, 0.15) is 5.56 Å². The number of aryl methyl sites for hydroxylation is 2. The van der Waals surface area contributed by atoms with Gasteiger partial charge < -0.3 is 4.40 Å².